The van der Waals surface area contributed by atoms with Crippen LogP contribution in [0.1, 0.15) is 44.9 Å². The number of aliphatic hydroxyl groups is 1. The minimum absolute atomic E-state index is 0.00407. The Bertz CT molecular complexity index is 150. The van der Waals surface area contributed by atoms with E-state index < -0.39 is 0 Å². The lowest BCUT2D eigenvalue weighted by atomic mass is 9.80. The predicted molar refractivity (Wildman–Crippen MR) is 58.1 cm³/mol. The van der Waals surface area contributed by atoms with Crippen molar-refractivity contribution in [2.75, 3.05) is 5.75 Å². The molecule has 2 aliphatic rings. The van der Waals surface area contributed by atoms with Crippen LogP contribution in [0.4, 0.5) is 0 Å². The van der Waals surface area contributed by atoms with Crippen LogP contribution in [0.3, 0.4) is 0 Å². The van der Waals surface area contributed by atoms with Gasteiger partial charge in [0.25, 0.3) is 0 Å². The minimum atomic E-state index is -0.00407. The summed E-state index contributed by atoms with van der Waals surface area (Å²) in [5, 5.41) is 10.6. The number of rotatable bonds is 3. The molecule has 1 aliphatic heterocycles. The molecule has 1 aliphatic carbocycles. The maximum absolute atomic E-state index is 9.99. The molecule has 0 aromatic carbocycles. The van der Waals surface area contributed by atoms with Gasteiger partial charge in [0.05, 0.1) is 6.10 Å². The van der Waals surface area contributed by atoms with Crippen molar-refractivity contribution in [3.63, 3.8) is 0 Å². The molecule has 0 aromatic rings. The zero-order valence-corrected chi connectivity index (χ0v) is 9.06. The van der Waals surface area contributed by atoms with Crippen molar-refractivity contribution in [3.8, 4) is 0 Å². The first-order chi connectivity index (χ1) is 6.36. The Balaban J connectivity index is 1.70. The Kier molecular flexibility index (Phi) is 3.56. The van der Waals surface area contributed by atoms with Crippen molar-refractivity contribution in [2.24, 2.45) is 5.92 Å². The third-order valence-electron chi connectivity index (χ3n) is 3.44. The van der Waals surface area contributed by atoms with Crippen molar-refractivity contribution in [1.82, 2.24) is 0 Å². The molecule has 0 spiro atoms. The fraction of sp³-hybridized carbons (Fsp3) is 1.00. The molecule has 0 radical (unpaired) electrons. The Morgan fingerprint density at radius 1 is 1.15 bits per heavy atom. The van der Waals surface area contributed by atoms with E-state index in [9.17, 15) is 5.11 Å². The van der Waals surface area contributed by atoms with Gasteiger partial charge in [-0.25, -0.2) is 0 Å². The first-order valence-corrected chi connectivity index (χ1v) is 6.71. The van der Waals surface area contributed by atoms with Crippen LogP contribution in [0.15, 0.2) is 0 Å². The maximum atomic E-state index is 9.99. The quantitative estimate of drug-likeness (QED) is 0.756. The summed E-state index contributed by atoms with van der Waals surface area (Å²) < 4.78 is 0. The summed E-state index contributed by atoms with van der Waals surface area (Å²) >= 11 is 2.00. The average molecular weight is 200 g/mol. The molecule has 2 unspecified atom stereocenters. The molecule has 76 valence electrons. The van der Waals surface area contributed by atoms with E-state index in [1.54, 1.807) is 0 Å². The van der Waals surface area contributed by atoms with E-state index in [0.29, 0.717) is 5.25 Å². The van der Waals surface area contributed by atoms with Gasteiger partial charge in [0, 0.05) is 5.25 Å². The largest absolute Gasteiger partial charge is 0.392 e. The molecule has 1 nitrogen and oxygen atoms in total. The van der Waals surface area contributed by atoms with Crippen LogP contribution in [0, 0.1) is 5.92 Å². The highest BCUT2D eigenvalue weighted by atomic mass is 32.2. The molecule has 2 heteroatoms. The smallest absolute Gasteiger partial charge is 0.0661 e. The van der Waals surface area contributed by atoms with E-state index in [4.69, 9.17) is 0 Å². The van der Waals surface area contributed by atoms with E-state index in [2.05, 4.69) is 0 Å². The lowest BCUT2D eigenvalue weighted by molar-refractivity contribution is 0.111. The van der Waals surface area contributed by atoms with Crippen LogP contribution >= 0.6 is 11.8 Å². The first kappa shape index (κ1) is 9.85. The third-order valence-corrected chi connectivity index (χ3v) is 4.95. The third kappa shape index (κ3) is 2.63. The van der Waals surface area contributed by atoms with Gasteiger partial charge in [-0.05, 0) is 30.9 Å². The van der Waals surface area contributed by atoms with Crippen LogP contribution < -0.4 is 0 Å². The fourth-order valence-corrected chi connectivity index (χ4v) is 3.63. The standard InChI is InChI=1S/C11H20OS/c12-10(8-9-4-3-5-9)11-6-1-2-7-13-11/h9-12H,1-8H2. The Labute approximate surface area is 85.3 Å². The number of hydrogen-bond acceptors (Lipinski definition) is 2. The van der Waals surface area contributed by atoms with Gasteiger partial charge in [-0.2, -0.15) is 11.8 Å². The minimum Gasteiger partial charge on any atom is -0.392 e. The van der Waals surface area contributed by atoms with Gasteiger partial charge < -0.3 is 5.11 Å². The van der Waals surface area contributed by atoms with Gasteiger partial charge >= 0.3 is 0 Å². The lowest BCUT2D eigenvalue weighted by Crippen LogP contribution is -2.30. The zero-order valence-electron chi connectivity index (χ0n) is 8.24. The van der Waals surface area contributed by atoms with E-state index in [-0.39, 0.29) is 6.10 Å². The molecule has 1 N–H and O–H groups in total. The second-order valence-corrected chi connectivity index (χ2v) is 5.85. The molecule has 1 saturated heterocycles. The van der Waals surface area contributed by atoms with E-state index >= 15 is 0 Å². The number of aliphatic hydroxyl groups excluding tert-OH is 1. The van der Waals surface area contributed by atoms with Crippen molar-refractivity contribution in [2.45, 2.75) is 56.3 Å². The van der Waals surface area contributed by atoms with Gasteiger partial charge in [-0.1, -0.05) is 25.7 Å². The van der Waals surface area contributed by atoms with Crippen molar-refractivity contribution in [3.05, 3.63) is 0 Å². The highest BCUT2D eigenvalue weighted by Gasteiger charge is 2.27. The van der Waals surface area contributed by atoms with Crippen molar-refractivity contribution in [1.29, 1.82) is 0 Å². The summed E-state index contributed by atoms with van der Waals surface area (Å²) in [5.41, 5.74) is 0. The summed E-state index contributed by atoms with van der Waals surface area (Å²) in [4.78, 5) is 0. The van der Waals surface area contributed by atoms with Gasteiger partial charge in [0.2, 0.25) is 0 Å². The Hall–Kier alpha value is 0.310. The molecule has 13 heavy (non-hydrogen) atoms. The van der Waals surface area contributed by atoms with Crippen LogP contribution in [0.25, 0.3) is 0 Å². The second-order valence-electron chi connectivity index (χ2n) is 4.51. The fourth-order valence-electron chi connectivity index (χ4n) is 2.29. The van der Waals surface area contributed by atoms with Gasteiger partial charge in [-0.15, -0.1) is 0 Å². The maximum Gasteiger partial charge on any atom is 0.0661 e. The average Bonchev–Trinajstić information content (AvgIpc) is 2.12. The lowest BCUT2D eigenvalue weighted by Gasteiger charge is -2.32. The molecule has 2 fully saturated rings. The van der Waals surface area contributed by atoms with Crippen LogP contribution in [-0.2, 0) is 0 Å². The van der Waals surface area contributed by atoms with E-state index in [1.807, 2.05) is 11.8 Å². The normalized spacial score (nSPS) is 32.5. The topological polar surface area (TPSA) is 20.2 Å². The van der Waals surface area contributed by atoms with Gasteiger partial charge in [0.15, 0.2) is 0 Å². The SMILES string of the molecule is OC(CC1CCC1)C1CCCCS1. The number of thioether (sulfide) groups is 1. The monoisotopic (exact) mass is 200 g/mol. The van der Waals surface area contributed by atoms with Gasteiger partial charge in [0.1, 0.15) is 0 Å². The number of hydrogen-bond donors (Lipinski definition) is 1. The van der Waals surface area contributed by atoms with Gasteiger partial charge in [-0.3, -0.25) is 0 Å². The summed E-state index contributed by atoms with van der Waals surface area (Å²) in [6.07, 6.45) is 9.15. The van der Waals surface area contributed by atoms with Crippen LogP contribution in [0.2, 0.25) is 0 Å². The molecule has 2 atom stereocenters. The second kappa shape index (κ2) is 4.70. The summed E-state index contributed by atoms with van der Waals surface area (Å²) in [7, 11) is 0. The predicted octanol–water partition coefficient (Wildman–Crippen LogP) is 2.82. The Morgan fingerprint density at radius 3 is 2.54 bits per heavy atom. The molecule has 1 saturated carbocycles. The van der Waals surface area contributed by atoms with Crippen LogP contribution in [-0.4, -0.2) is 22.2 Å². The molecule has 0 bridgehead atoms. The molecule has 0 amide bonds. The molecular formula is C11H20OS. The molecule has 0 aromatic heterocycles. The highest BCUT2D eigenvalue weighted by molar-refractivity contribution is 8.00. The van der Waals surface area contributed by atoms with E-state index in [0.717, 1.165) is 12.3 Å². The Morgan fingerprint density at radius 2 is 2.00 bits per heavy atom. The molecular weight excluding hydrogens is 180 g/mol. The zero-order chi connectivity index (χ0) is 9.10. The first-order valence-electron chi connectivity index (χ1n) is 5.66. The van der Waals surface area contributed by atoms with Crippen LogP contribution in [0.5, 0.6) is 0 Å². The van der Waals surface area contributed by atoms with Crippen molar-refractivity contribution < 1.29 is 5.11 Å². The summed E-state index contributed by atoms with van der Waals surface area (Å²) in [5.74, 6) is 2.13. The summed E-state index contributed by atoms with van der Waals surface area (Å²) in [6.45, 7) is 0. The van der Waals surface area contributed by atoms with E-state index in [1.165, 1.54) is 44.3 Å². The molecule has 2 rings (SSSR count). The highest BCUT2D eigenvalue weighted by Crippen LogP contribution is 2.35. The summed E-state index contributed by atoms with van der Waals surface area (Å²) in [6, 6.07) is 0. The molecule has 1 heterocycles. The van der Waals surface area contributed by atoms with Crippen molar-refractivity contribution >= 4 is 11.8 Å².